The Kier molecular flexibility index (Phi) is 8.47. The number of Topliss-reactive ketones (excluding diaryl/α,β-unsaturated/α-hetero) is 2. The lowest BCUT2D eigenvalue weighted by molar-refractivity contribution is -0.168. The summed E-state index contributed by atoms with van der Waals surface area (Å²) in [5.74, 6) is 2.23. The lowest BCUT2D eigenvalue weighted by atomic mass is 9.45. The lowest BCUT2D eigenvalue weighted by Crippen LogP contribution is -2.54. The van der Waals surface area contributed by atoms with Gasteiger partial charge in [0.2, 0.25) is 0 Å². The molecular formula is C36H54N2O5S. The number of fused-ring (bicyclic) bond motifs is 5. The first-order valence-electron chi connectivity index (χ1n) is 16.6. The van der Waals surface area contributed by atoms with Gasteiger partial charge >= 0.3 is 5.97 Å². The summed E-state index contributed by atoms with van der Waals surface area (Å²) < 4.78 is 21.4. The van der Waals surface area contributed by atoms with Gasteiger partial charge in [-0.15, -0.1) is 0 Å². The van der Waals surface area contributed by atoms with E-state index in [9.17, 15) is 18.6 Å². The molecule has 0 aliphatic heterocycles. The number of hydrogen-bond acceptors (Lipinski definition) is 6. The summed E-state index contributed by atoms with van der Waals surface area (Å²) in [6, 6.07) is 1.75. The highest BCUT2D eigenvalue weighted by Crippen LogP contribution is 2.65. The van der Waals surface area contributed by atoms with Gasteiger partial charge < -0.3 is 4.74 Å². The summed E-state index contributed by atoms with van der Waals surface area (Å²) in [6.07, 6.45) is 17.1. The van der Waals surface area contributed by atoms with Crippen molar-refractivity contribution >= 4 is 37.6 Å². The number of carbonyl (C=O) groups is 3. The molecule has 0 aromatic carbocycles. The standard InChI is InChI=1S/C36H54N2O5S/c1-33(2,3)31(40)30(44(8,9)42)28(38-20-10-19-37-38)22-34(4,5)32(41)43-24-15-17-35(6)23(21-24)11-12-25-26-13-14-29(39)36(26,7)18-16-27(25)35/h10,19-20,22-27H,11-18,21H2,1-9H3/b28-22+/t23-,24-,25-,26-,27-,35-,36-/m0/s1. The second-order valence-corrected chi connectivity index (χ2v) is 19.6. The highest BCUT2D eigenvalue weighted by atomic mass is 32.2. The number of ether oxygens (including phenoxy) is 1. The van der Waals surface area contributed by atoms with Gasteiger partial charge in [-0.1, -0.05) is 34.6 Å². The van der Waals surface area contributed by atoms with Crippen molar-refractivity contribution in [2.24, 2.45) is 45.3 Å². The molecule has 4 aliphatic carbocycles. The minimum atomic E-state index is -2.72. The summed E-state index contributed by atoms with van der Waals surface area (Å²) in [6.45, 7) is 13.7. The Hall–Kier alpha value is -2.22. The minimum absolute atomic E-state index is 0.108. The molecule has 0 saturated heterocycles. The zero-order valence-electron chi connectivity index (χ0n) is 28.4. The van der Waals surface area contributed by atoms with Crippen LogP contribution in [0.25, 0.3) is 5.70 Å². The molecule has 0 spiro atoms. The Morgan fingerprint density at radius 3 is 2.34 bits per heavy atom. The van der Waals surface area contributed by atoms with Crippen LogP contribution >= 0.6 is 0 Å². The molecule has 4 saturated carbocycles. The zero-order valence-corrected chi connectivity index (χ0v) is 29.2. The van der Waals surface area contributed by atoms with Crippen LogP contribution < -0.4 is 0 Å². The van der Waals surface area contributed by atoms with E-state index in [1.165, 1.54) is 11.1 Å². The Morgan fingerprint density at radius 2 is 1.73 bits per heavy atom. The molecule has 0 N–H and O–H groups in total. The van der Waals surface area contributed by atoms with Gasteiger partial charge in [-0.3, -0.25) is 18.6 Å². The molecule has 4 aliphatic rings. The van der Waals surface area contributed by atoms with E-state index < -0.39 is 20.4 Å². The Labute approximate surface area is 265 Å². The second-order valence-electron chi connectivity index (χ2n) is 16.7. The molecule has 1 aromatic rings. The van der Waals surface area contributed by atoms with Crippen LogP contribution in [0, 0.1) is 45.3 Å². The van der Waals surface area contributed by atoms with Gasteiger partial charge in [0.25, 0.3) is 0 Å². The number of nitrogens with zero attached hydrogens (tertiary/aromatic N) is 2. The maximum atomic E-state index is 13.8. The molecule has 4 fully saturated rings. The summed E-state index contributed by atoms with van der Waals surface area (Å²) in [7, 11) is -2.72. The minimum Gasteiger partial charge on any atom is -0.462 e. The van der Waals surface area contributed by atoms with E-state index in [0.29, 0.717) is 35.2 Å². The number of allylic oxidation sites excluding steroid dienone is 1. The number of ketones is 2. The van der Waals surface area contributed by atoms with Crippen molar-refractivity contribution in [1.29, 1.82) is 0 Å². The average Bonchev–Trinajstić information content (AvgIpc) is 3.55. The van der Waals surface area contributed by atoms with E-state index in [1.807, 2.05) is 20.8 Å². The predicted molar refractivity (Wildman–Crippen MR) is 176 cm³/mol. The third-order valence-electron chi connectivity index (χ3n) is 12.0. The molecule has 0 bridgehead atoms. The van der Waals surface area contributed by atoms with Crippen LogP contribution in [0.5, 0.6) is 0 Å². The van der Waals surface area contributed by atoms with Crippen LogP contribution in [0.2, 0.25) is 0 Å². The van der Waals surface area contributed by atoms with Crippen LogP contribution in [-0.2, 0) is 28.6 Å². The highest BCUT2D eigenvalue weighted by molar-refractivity contribution is 8.03. The fourth-order valence-electron chi connectivity index (χ4n) is 9.38. The third-order valence-corrected chi connectivity index (χ3v) is 13.4. The van der Waals surface area contributed by atoms with Crippen molar-refractivity contribution in [2.75, 3.05) is 12.5 Å². The van der Waals surface area contributed by atoms with Crippen molar-refractivity contribution in [2.45, 2.75) is 112 Å². The van der Waals surface area contributed by atoms with E-state index in [2.05, 4.69) is 18.9 Å². The lowest BCUT2D eigenvalue weighted by Gasteiger charge is -2.60. The number of aromatic nitrogens is 2. The molecule has 1 heterocycles. The van der Waals surface area contributed by atoms with Crippen LogP contribution in [0.15, 0.2) is 24.5 Å². The summed E-state index contributed by atoms with van der Waals surface area (Å²) >= 11 is 0. The van der Waals surface area contributed by atoms with Gasteiger partial charge in [0.15, 0.2) is 5.78 Å². The molecule has 0 radical (unpaired) electrons. The number of esters is 1. The Morgan fingerprint density at radius 1 is 1.02 bits per heavy atom. The molecule has 244 valence electrons. The molecular weight excluding hydrogens is 572 g/mol. The van der Waals surface area contributed by atoms with Gasteiger partial charge in [0.1, 0.15) is 11.9 Å². The summed E-state index contributed by atoms with van der Waals surface area (Å²) in [5.41, 5.74) is -1.37. The fourth-order valence-corrected chi connectivity index (χ4v) is 10.8. The van der Waals surface area contributed by atoms with E-state index >= 15 is 0 Å². The number of hydrogen-bond donors (Lipinski definition) is 0. The van der Waals surface area contributed by atoms with Crippen molar-refractivity contribution < 1.29 is 23.3 Å². The first-order chi connectivity index (χ1) is 20.3. The second kappa shape index (κ2) is 11.2. The Balaban J connectivity index is 1.35. The Bertz CT molecular complexity index is 1470. The molecule has 8 heteroatoms. The van der Waals surface area contributed by atoms with Crippen LogP contribution in [0.1, 0.15) is 106 Å². The average molecular weight is 627 g/mol. The molecule has 7 nitrogen and oxygen atoms in total. The third kappa shape index (κ3) is 5.78. The predicted octanol–water partition coefficient (Wildman–Crippen LogP) is 6.61. The van der Waals surface area contributed by atoms with E-state index in [0.717, 1.165) is 51.4 Å². The maximum Gasteiger partial charge on any atom is 0.315 e. The highest BCUT2D eigenvalue weighted by Gasteiger charge is 2.60. The summed E-state index contributed by atoms with van der Waals surface area (Å²) in [5, 5.41) is 4.37. The van der Waals surface area contributed by atoms with Gasteiger partial charge in [0.05, 0.1) is 16.0 Å². The first-order valence-corrected chi connectivity index (χ1v) is 19.0. The molecule has 0 unspecified atom stereocenters. The van der Waals surface area contributed by atoms with Crippen molar-refractivity contribution in [3.05, 3.63) is 24.5 Å². The van der Waals surface area contributed by atoms with Crippen LogP contribution in [-0.4, -0.2) is 55.0 Å². The van der Waals surface area contributed by atoms with Gasteiger partial charge in [0, 0.05) is 42.2 Å². The fraction of sp³-hybridized carbons (Fsp3) is 0.750. The van der Waals surface area contributed by atoms with Crippen molar-refractivity contribution in [3.8, 4) is 0 Å². The van der Waals surface area contributed by atoms with Crippen molar-refractivity contribution in [1.82, 2.24) is 9.78 Å². The monoisotopic (exact) mass is 626 g/mol. The van der Waals surface area contributed by atoms with Gasteiger partial charge in [-0.05, 0) is 116 Å². The SMILES string of the molecule is CC(C)(C)C(=O)C(/C(=C\C(C)(C)C(=O)O[C@H]1CC[C@@]2(C)[C@@H](CC[C@@H]3[C@@H]2CC[C@]2(C)C(=O)CC[C@@H]32)C1)n1cccn1)=S(C)(C)=O. The molecule has 0 amide bonds. The van der Waals surface area contributed by atoms with Crippen molar-refractivity contribution in [3.63, 3.8) is 0 Å². The largest absolute Gasteiger partial charge is 0.462 e. The van der Waals surface area contributed by atoms with Crippen LogP contribution in [0.3, 0.4) is 0 Å². The first kappa shape index (κ1) is 33.2. The van der Waals surface area contributed by atoms with Crippen LogP contribution in [0.4, 0.5) is 0 Å². The molecule has 44 heavy (non-hydrogen) atoms. The smallest absolute Gasteiger partial charge is 0.315 e. The molecule has 1 aromatic heterocycles. The summed E-state index contributed by atoms with van der Waals surface area (Å²) in [4.78, 5) is 40.5. The zero-order chi connectivity index (χ0) is 32.5. The quantitative estimate of drug-likeness (QED) is 0.201. The van der Waals surface area contributed by atoms with E-state index in [1.54, 1.807) is 50.9 Å². The number of carbonyl (C=O) groups excluding carboxylic acids is 3. The molecule has 7 atom stereocenters. The van der Waals surface area contributed by atoms with E-state index in [4.69, 9.17) is 4.74 Å². The normalized spacial score (nSPS) is 34.5. The van der Waals surface area contributed by atoms with Gasteiger partial charge in [-0.25, -0.2) is 4.68 Å². The maximum absolute atomic E-state index is 13.8. The van der Waals surface area contributed by atoms with Gasteiger partial charge in [-0.2, -0.15) is 5.10 Å². The molecule has 5 rings (SSSR count). The van der Waals surface area contributed by atoms with E-state index in [-0.39, 0.29) is 33.6 Å². The number of rotatable bonds is 6. The topological polar surface area (TPSA) is 95.3 Å².